The standard InChI is InChI=1S/C40H42N8O6/c1-43(27-29-6-10-33(41)11-7-29)39(53)47-22-18-45(19-23-47)37(51)16-14-35(49)31-4-3-5-32(26-31)36(50)15-17-38(52)46-20-24-48(25-21-46)40(54)44(2)28-30-8-12-34(42)13-9-30/h3-13,26H,18-25,27-28,41-42H2,1-2H3. The monoisotopic (exact) mass is 730 g/mol. The summed E-state index contributed by atoms with van der Waals surface area (Å²) in [4.78, 5) is 86.5. The highest BCUT2D eigenvalue weighted by molar-refractivity contribution is 6.16. The predicted octanol–water partition coefficient (Wildman–Crippen LogP) is 2.02. The molecule has 14 nitrogen and oxygen atoms in total. The molecule has 3 aromatic rings. The number of carbonyl (C=O) groups excluding carboxylic acids is 6. The zero-order valence-corrected chi connectivity index (χ0v) is 30.3. The number of amides is 6. The van der Waals surface area contributed by atoms with Crippen LogP contribution in [0.25, 0.3) is 0 Å². The van der Waals surface area contributed by atoms with Crippen molar-refractivity contribution in [2.24, 2.45) is 0 Å². The Labute approximate surface area is 314 Å². The van der Waals surface area contributed by atoms with Crippen molar-refractivity contribution in [3.05, 3.63) is 95.1 Å². The molecule has 0 bridgehead atoms. The first-order chi connectivity index (χ1) is 25.9. The lowest BCUT2D eigenvalue weighted by Gasteiger charge is -2.35. The molecule has 2 fully saturated rings. The van der Waals surface area contributed by atoms with E-state index < -0.39 is 23.4 Å². The maximum Gasteiger partial charge on any atom is 0.320 e. The van der Waals surface area contributed by atoms with Gasteiger partial charge in [0.05, 0.1) is 0 Å². The van der Waals surface area contributed by atoms with E-state index in [9.17, 15) is 28.8 Å². The Hall–Kier alpha value is -6.80. The molecule has 54 heavy (non-hydrogen) atoms. The summed E-state index contributed by atoms with van der Waals surface area (Å²) in [5.74, 6) is 7.05. The fourth-order valence-corrected chi connectivity index (χ4v) is 5.94. The van der Waals surface area contributed by atoms with E-state index in [1.807, 2.05) is 24.3 Å². The minimum Gasteiger partial charge on any atom is -0.399 e. The van der Waals surface area contributed by atoms with Crippen LogP contribution in [-0.4, -0.2) is 131 Å². The van der Waals surface area contributed by atoms with Gasteiger partial charge in [-0.15, -0.1) is 0 Å². The maximum atomic E-state index is 12.9. The van der Waals surface area contributed by atoms with E-state index in [2.05, 4.69) is 23.7 Å². The fourth-order valence-electron chi connectivity index (χ4n) is 5.94. The first kappa shape index (κ1) is 38.4. The Morgan fingerprint density at radius 1 is 0.519 bits per heavy atom. The lowest BCUT2D eigenvalue weighted by Crippen LogP contribution is -2.53. The van der Waals surface area contributed by atoms with Crippen molar-refractivity contribution < 1.29 is 28.8 Å². The van der Waals surface area contributed by atoms with Crippen LogP contribution < -0.4 is 11.5 Å². The van der Waals surface area contributed by atoms with E-state index in [0.717, 1.165) is 11.1 Å². The first-order valence-electron chi connectivity index (χ1n) is 17.4. The summed E-state index contributed by atoms with van der Waals surface area (Å²) in [6, 6.07) is 20.0. The number of nitrogens with zero attached hydrogens (tertiary/aromatic N) is 6. The summed E-state index contributed by atoms with van der Waals surface area (Å²) in [6.45, 7) is 3.16. The molecule has 278 valence electrons. The van der Waals surface area contributed by atoms with Gasteiger partial charge in [-0.25, -0.2) is 9.59 Å². The first-order valence-corrected chi connectivity index (χ1v) is 17.4. The predicted molar refractivity (Wildman–Crippen MR) is 202 cm³/mol. The van der Waals surface area contributed by atoms with Gasteiger partial charge in [-0.1, -0.05) is 42.5 Å². The average molecular weight is 731 g/mol. The molecule has 2 aliphatic heterocycles. The van der Waals surface area contributed by atoms with Crippen LogP contribution in [0.1, 0.15) is 31.8 Å². The van der Waals surface area contributed by atoms with E-state index >= 15 is 0 Å². The lowest BCUT2D eigenvalue weighted by molar-refractivity contribution is -0.127. The largest absolute Gasteiger partial charge is 0.399 e. The molecule has 14 heteroatoms. The van der Waals surface area contributed by atoms with Crippen molar-refractivity contribution in [1.29, 1.82) is 0 Å². The van der Waals surface area contributed by atoms with Gasteiger partial charge in [0.15, 0.2) is 0 Å². The summed E-state index contributed by atoms with van der Waals surface area (Å²) >= 11 is 0. The van der Waals surface area contributed by atoms with Gasteiger partial charge in [0.2, 0.25) is 11.6 Å². The maximum absolute atomic E-state index is 12.9. The number of carbonyl (C=O) groups is 6. The number of piperazine rings is 2. The third kappa shape index (κ3) is 10.2. The van der Waals surface area contributed by atoms with Gasteiger partial charge in [-0.05, 0) is 53.3 Å². The molecule has 0 unspecified atom stereocenters. The zero-order valence-electron chi connectivity index (χ0n) is 30.3. The SMILES string of the molecule is CN(Cc1ccc(N)cc1)C(=O)N1CCN(C(=O)C#CC(=O)c2cccc(C(=O)C#CC(=O)N3CCN(C(=O)N(C)Cc4ccc(N)cc4)CC3)c2)CC1. The van der Waals surface area contributed by atoms with Crippen molar-refractivity contribution >= 4 is 46.8 Å². The van der Waals surface area contributed by atoms with Crippen LogP contribution in [-0.2, 0) is 22.7 Å². The van der Waals surface area contributed by atoms with Gasteiger partial charge in [-0.2, -0.15) is 0 Å². The topological polar surface area (TPSA) is 174 Å². The minimum absolute atomic E-state index is 0.0935. The van der Waals surface area contributed by atoms with E-state index in [0.29, 0.717) is 50.6 Å². The number of rotatable bonds is 6. The smallest absolute Gasteiger partial charge is 0.320 e. The molecule has 0 aliphatic carbocycles. The zero-order chi connectivity index (χ0) is 38.8. The molecule has 5 rings (SSSR count). The lowest BCUT2D eigenvalue weighted by atomic mass is 10.0. The molecule has 0 atom stereocenters. The van der Waals surface area contributed by atoms with Crippen molar-refractivity contribution in [3.63, 3.8) is 0 Å². The number of benzene rings is 3. The number of ketones is 2. The summed E-state index contributed by atoms with van der Waals surface area (Å²) in [6.07, 6.45) is 0. The van der Waals surface area contributed by atoms with Crippen molar-refractivity contribution in [2.45, 2.75) is 13.1 Å². The highest BCUT2D eigenvalue weighted by Crippen LogP contribution is 2.13. The quantitative estimate of drug-likeness (QED) is 0.168. The second-order valence-corrected chi connectivity index (χ2v) is 13.1. The second-order valence-electron chi connectivity index (χ2n) is 13.1. The van der Waals surface area contributed by atoms with Gasteiger partial charge in [0.1, 0.15) is 0 Å². The molecule has 2 saturated heterocycles. The fraction of sp³-hybridized carbons (Fsp3) is 0.300. The molecular formula is C40H42N8O6. The summed E-state index contributed by atoms with van der Waals surface area (Å²) in [5, 5.41) is 0. The van der Waals surface area contributed by atoms with Crippen molar-refractivity contribution in [2.75, 3.05) is 77.9 Å². The number of urea groups is 2. The van der Waals surface area contributed by atoms with Crippen LogP contribution in [0.3, 0.4) is 0 Å². The van der Waals surface area contributed by atoms with Crippen LogP contribution >= 0.6 is 0 Å². The molecule has 2 aliphatic rings. The molecule has 4 N–H and O–H groups in total. The van der Waals surface area contributed by atoms with Crippen molar-refractivity contribution in [1.82, 2.24) is 29.4 Å². The number of nitrogen functional groups attached to an aromatic ring is 2. The molecule has 3 aromatic carbocycles. The number of hydrogen-bond acceptors (Lipinski definition) is 8. The molecule has 0 aromatic heterocycles. The van der Waals surface area contributed by atoms with Crippen LogP contribution in [0.2, 0.25) is 0 Å². The van der Waals surface area contributed by atoms with Gasteiger partial charge in [0.25, 0.3) is 11.8 Å². The van der Waals surface area contributed by atoms with E-state index in [-0.39, 0.29) is 49.4 Å². The van der Waals surface area contributed by atoms with E-state index in [1.165, 1.54) is 34.1 Å². The van der Waals surface area contributed by atoms with Crippen LogP contribution in [0.4, 0.5) is 21.0 Å². The Kier molecular flexibility index (Phi) is 12.5. The third-order valence-corrected chi connectivity index (χ3v) is 9.08. The summed E-state index contributed by atoms with van der Waals surface area (Å²) < 4.78 is 0. The highest BCUT2D eigenvalue weighted by Gasteiger charge is 2.27. The molecular weight excluding hydrogens is 688 g/mol. The number of hydrogen-bond donors (Lipinski definition) is 2. The van der Waals surface area contributed by atoms with Crippen LogP contribution in [0.5, 0.6) is 0 Å². The molecule has 2 heterocycles. The average Bonchev–Trinajstić information content (AvgIpc) is 3.20. The molecule has 0 saturated carbocycles. The second kappa shape index (κ2) is 17.6. The van der Waals surface area contributed by atoms with Crippen LogP contribution in [0.15, 0.2) is 72.8 Å². The molecule has 0 radical (unpaired) electrons. The third-order valence-electron chi connectivity index (χ3n) is 9.08. The Morgan fingerprint density at radius 3 is 1.20 bits per heavy atom. The summed E-state index contributed by atoms with van der Waals surface area (Å²) in [5.41, 5.74) is 14.8. The Bertz CT molecular complexity index is 1890. The number of Topliss-reactive ketones (excluding diaryl/α,β-unsaturated/α-hetero) is 2. The molecule has 0 spiro atoms. The van der Waals surface area contributed by atoms with Crippen molar-refractivity contribution in [3.8, 4) is 23.7 Å². The number of anilines is 2. The van der Waals surface area contributed by atoms with Gasteiger partial charge < -0.3 is 40.9 Å². The van der Waals surface area contributed by atoms with Crippen LogP contribution in [0, 0.1) is 23.7 Å². The minimum atomic E-state index is -0.660. The Morgan fingerprint density at radius 2 is 0.852 bits per heavy atom. The Balaban J connectivity index is 1.07. The normalized spacial score (nSPS) is 13.8. The summed E-state index contributed by atoms with van der Waals surface area (Å²) in [7, 11) is 3.42. The van der Waals surface area contributed by atoms with E-state index in [4.69, 9.17) is 11.5 Å². The molecule has 6 amide bonds. The highest BCUT2D eigenvalue weighted by atomic mass is 16.2. The van der Waals surface area contributed by atoms with Gasteiger partial charge in [0, 0.05) is 114 Å². The number of nitrogens with two attached hydrogens (primary N) is 2. The van der Waals surface area contributed by atoms with E-state index in [1.54, 1.807) is 58.0 Å². The van der Waals surface area contributed by atoms with Gasteiger partial charge in [-0.3, -0.25) is 19.2 Å². The van der Waals surface area contributed by atoms with Gasteiger partial charge >= 0.3 is 12.1 Å².